The second-order valence-corrected chi connectivity index (χ2v) is 8.59. The Bertz CT molecular complexity index is 1110. The SMILES string of the molecule is O=C(Nc1ccc(Oc2ncccn2)cc1)C1CC2CCCCC2N1C(=O)c1ccccc1. The Balaban J connectivity index is 1.31. The van der Waals surface area contributed by atoms with E-state index in [1.165, 1.54) is 0 Å². The van der Waals surface area contributed by atoms with Crippen molar-refractivity contribution in [1.82, 2.24) is 14.9 Å². The van der Waals surface area contributed by atoms with E-state index >= 15 is 0 Å². The largest absolute Gasteiger partial charge is 0.424 e. The number of likely N-dealkylation sites (tertiary alicyclic amines) is 1. The Morgan fingerprint density at radius 2 is 1.64 bits per heavy atom. The van der Waals surface area contributed by atoms with Gasteiger partial charge in [-0.25, -0.2) is 9.97 Å². The first kappa shape index (κ1) is 21.1. The lowest BCUT2D eigenvalue weighted by Gasteiger charge is -2.33. The van der Waals surface area contributed by atoms with Crippen molar-refractivity contribution in [3.63, 3.8) is 0 Å². The van der Waals surface area contributed by atoms with Crippen LogP contribution in [0, 0.1) is 5.92 Å². The molecule has 1 N–H and O–H groups in total. The van der Waals surface area contributed by atoms with Gasteiger partial charge in [0.1, 0.15) is 11.8 Å². The number of fused-ring (bicyclic) bond motifs is 1. The molecule has 1 saturated carbocycles. The predicted molar refractivity (Wildman–Crippen MR) is 124 cm³/mol. The summed E-state index contributed by atoms with van der Waals surface area (Å²) >= 11 is 0. The van der Waals surface area contributed by atoms with E-state index in [2.05, 4.69) is 15.3 Å². The number of amides is 2. The molecule has 1 aliphatic heterocycles. The number of anilines is 1. The van der Waals surface area contributed by atoms with Gasteiger partial charge in [-0.1, -0.05) is 31.0 Å². The van der Waals surface area contributed by atoms with Gasteiger partial charge < -0.3 is 15.0 Å². The van der Waals surface area contributed by atoms with Crippen LogP contribution in [0.1, 0.15) is 42.5 Å². The smallest absolute Gasteiger partial charge is 0.321 e. The summed E-state index contributed by atoms with van der Waals surface area (Å²) in [6, 6.07) is 18.0. The Morgan fingerprint density at radius 1 is 0.909 bits per heavy atom. The highest BCUT2D eigenvalue weighted by molar-refractivity contribution is 6.01. The van der Waals surface area contributed by atoms with Crippen LogP contribution in [0.3, 0.4) is 0 Å². The summed E-state index contributed by atoms with van der Waals surface area (Å²) in [7, 11) is 0. The van der Waals surface area contributed by atoms with Crippen molar-refractivity contribution in [3.05, 3.63) is 78.6 Å². The molecular weight excluding hydrogens is 416 g/mol. The Kier molecular flexibility index (Phi) is 6.02. The molecule has 2 heterocycles. The molecule has 2 amide bonds. The number of hydrogen-bond acceptors (Lipinski definition) is 5. The van der Waals surface area contributed by atoms with Crippen molar-refractivity contribution in [1.29, 1.82) is 0 Å². The second-order valence-electron chi connectivity index (χ2n) is 8.59. The molecule has 0 bridgehead atoms. The van der Waals surface area contributed by atoms with Crippen LogP contribution in [0.5, 0.6) is 11.8 Å². The zero-order valence-electron chi connectivity index (χ0n) is 18.3. The van der Waals surface area contributed by atoms with Crippen LogP contribution in [0.4, 0.5) is 5.69 Å². The van der Waals surface area contributed by atoms with Crippen molar-refractivity contribution in [2.24, 2.45) is 5.92 Å². The molecule has 0 radical (unpaired) electrons. The third-order valence-electron chi connectivity index (χ3n) is 6.52. The molecule has 7 nitrogen and oxygen atoms in total. The standard InChI is InChI=1S/C26H26N4O3/c31-24(29-20-11-13-21(14-12-20)33-26-27-15-6-16-28-26)23-17-19-9-4-5-10-22(19)30(23)25(32)18-7-2-1-3-8-18/h1-3,6-8,11-16,19,22-23H,4-5,9-10,17H2,(H,29,31). The van der Waals surface area contributed by atoms with Crippen LogP contribution in [-0.4, -0.2) is 38.8 Å². The van der Waals surface area contributed by atoms with Gasteiger partial charge in [0.05, 0.1) is 0 Å². The van der Waals surface area contributed by atoms with Crippen LogP contribution in [0.2, 0.25) is 0 Å². The number of nitrogens with zero attached hydrogens (tertiary/aromatic N) is 3. The molecule has 0 spiro atoms. The molecule has 33 heavy (non-hydrogen) atoms. The van der Waals surface area contributed by atoms with E-state index in [0.29, 0.717) is 29.3 Å². The van der Waals surface area contributed by atoms with Crippen molar-refractivity contribution in [2.75, 3.05) is 5.32 Å². The quantitative estimate of drug-likeness (QED) is 0.620. The van der Waals surface area contributed by atoms with Crippen LogP contribution in [0.15, 0.2) is 73.1 Å². The Morgan fingerprint density at radius 3 is 2.39 bits per heavy atom. The Labute approximate surface area is 192 Å². The number of rotatable bonds is 5. The van der Waals surface area contributed by atoms with Gasteiger partial charge in [0, 0.05) is 29.7 Å². The van der Waals surface area contributed by atoms with Crippen molar-refractivity contribution < 1.29 is 14.3 Å². The summed E-state index contributed by atoms with van der Waals surface area (Å²) in [5.41, 5.74) is 1.29. The van der Waals surface area contributed by atoms with Gasteiger partial charge in [-0.05, 0) is 67.6 Å². The molecule has 2 aromatic carbocycles. The van der Waals surface area contributed by atoms with E-state index in [9.17, 15) is 9.59 Å². The highest BCUT2D eigenvalue weighted by atomic mass is 16.5. The van der Waals surface area contributed by atoms with Crippen LogP contribution < -0.4 is 10.1 Å². The molecule has 7 heteroatoms. The number of carbonyl (C=O) groups is 2. The molecule has 3 unspecified atom stereocenters. The first-order valence-corrected chi connectivity index (χ1v) is 11.4. The zero-order chi connectivity index (χ0) is 22.6. The molecular formula is C26H26N4O3. The number of hydrogen-bond donors (Lipinski definition) is 1. The van der Waals surface area contributed by atoms with E-state index in [-0.39, 0.29) is 23.9 Å². The molecule has 1 aliphatic carbocycles. The van der Waals surface area contributed by atoms with Crippen LogP contribution >= 0.6 is 0 Å². The van der Waals surface area contributed by atoms with Gasteiger partial charge in [-0.3, -0.25) is 9.59 Å². The number of aromatic nitrogens is 2. The lowest BCUT2D eigenvalue weighted by molar-refractivity contribution is -0.120. The first-order chi connectivity index (χ1) is 16.2. The van der Waals surface area contributed by atoms with Gasteiger partial charge in [0.25, 0.3) is 5.91 Å². The van der Waals surface area contributed by atoms with Gasteiger partial charge >= 0.3 is 6.01 Å². The minimum absolute atomic E-state index is 0.0586. The third kappa shape index (κ3) is 4.58. The van der Waals surface area contributed by atoms with Crippen LogP contribution in [-0.2, 0) is 4.79 Å². The molecule has 1 aromatic heterocycles. The number of ether oxygens (including phenoxy) is 1. The van der Waals surface area contributed by atoms with E-state index in [1.807, 2.05) is 35.2 Å². The van der Waals surface area contributed by atoms with Crippen molar-refractivity contribution in [2.45, 2.75) is 44.2 Å². The fourth-order valence-electron chi connectivity index (χ4n) is 4.99. The molecule has 5 rings (SSSR count). The highest BCUT2D eigenvalue weighted by Crippen LogP contribution is 2.41. The second kappa shape index (κ2) is 9.40. The lowest BCUT2D eigenvalue weighted by atomic mass is 9.84. The van der Waals surface area contributed by atoms with Gasteiger partial charge in [-0.15, -0.1) is 0 Å². The molecule has 2 aliphatic rings. The molecule has 2 fully saturated rings. The first-order valence-electron chi connectivity index (χ1n) is 11.4. The van der Waals surface area contributed by atoms with Gasteiger partial charge in [-0.2, -0.15) is 0 Å². The molecule has 168 valence electrons. The van der Waals surface area contributed by atoms with E-state index in [0.717, 1.165) is 25.7 Å². The average molecular weight is 443 g/mol. The number of benzene rings is 2. The fourth-order valence-corrected chi connectivity index (χ4v) is 4.99. The average Bonchev–Trinajstić information content (AvgIpc) is 3.26. The minimum Gasteiger partial charge on any atom is -0.424 e. The van der Waals surface area contributed by atoms with Crippen molar-refractivity contribution >= 4 is 17.5 Å². The summed E-state index contributed by atoms with van der Waals surface area (Å²) < 4.78 is 5.61. The zero-order valence-corrected chi connectivity index (χ0v) is 18.3. The van der Waals surface area contributed by atoms with Crippen molar-refractivity contribution in [3.8, 4) is 11.8 Å². The minimum atomic E-state index is -0.473. The number of nitrogens with one attached hydrogen (secondary N) is 1. The predicted octanol–water partition coefficient (Wildman–Crippen LogP) is 4.68. The fraction of sp³-hybridized carbons (Fsp3) is 0.308. The lowest BCUT2D eigenvalue weighted by Crippen LogP contribution is -2.47. The van der Waals surface area contributed by atoms with Gasteiger partial charge in [0.15, 0.2) is 0 Å². The van der Waals surface area contributed by atoms with Crippen LogP contribution in [0.25, 0.3) is 0 Å². The topological polar surface area (TPSA) is 84.4 Å². The third-order valence-corrected chi connectivity index (χ3v) is 6.52. The van der Waals surface area contributed by atoms with E-state index in [4.69, 9.17) is 4.74 Å². The maximum Gasteiger partial charge on any atom is 0.321 e. The summed E-state index contributed by atoms with van der Waals surface area (Å²) in [6.45, 7) is 0. The highest BCUT2D eigenvalue weighted by Gasteiger charge is 2.47. The summed E-state index contributed by atoms with van der Waals surface area (Å²) in [5.74, 6) is 0.751. The summed E-state index contributed by atoms with van der Waals surface area (Å²) in [4.78, 5) is 36.7. The number of carbonyl (C=O) groups excluding carboxylic acids is 2. The monoisotopic (exact) mass is 442 g/mol. The summed E-state index contributed by atoms with van der Waals surface area (Å²) in [6.07, 6.45) is 8.22. The summed E-state index contributed by atoms with van der Waals surface area (Å²) in [5, 5.41) is 3.00. The maximum atomic E-state index is 13.4. The molecule has 3 aromatic rings. The Hall–Kier alpha value is -3.74. The van der Waals surface area contributed by atoms with Gasteiger partial charge in [0.2, 0.25) is 5.91 Å². The molecule has 1 saturated heterocycles. The maximum absolute atomic E-state index is 13.4. The molecule has 3 atom stereocenters. The van der Waals surface area contributed by atoms with E-state index in [1.54, 1.807) is 42.7 Å². The normalized spacial score (nSPS) is 21.8. The van der Waals surface area contributed by atoms with E-state index < -0.39 is 6.04 Å².